The Bertz CT molecular complexity index is 1170. The Morgan fingerprint density at radius 1 is 1.14 bits per heavy atom. The van der Waals surface area contributed by atoms with E-state index in [0.717, 1.165) is 22.1 Å². The van der Waals surface area contributed by atoms with Gasteiger partial charge in [-0.05, 0) is 25.1 Å². The third kappa shape index (κ3) is 4.02. The number of non-ortho nitro benzene ring substituents is 1. The molecule has 4 aromatic rings. The summed E-state index contributed by atoms with van der Waals surface area (Å²) in [7, 11) is 1.91. The number of nitro benzene ring substituents is 1. The molecule has 2 aromatic heterocycles. The maximum absolute atomic E-state index is 10.7. The highest BCUT2D eigenvalue weighted by molar-refractivity contribution is 7.98. The minimum absolute atomic E-state index is 0.0136. The molecule has 0 radical (unpaired) electrons. The zero-order valence-corrected chi connectivity index (χ0v) is 16.5. The summed E-state index contributed by atoms with van der Waals surface area (Å²) >= 11 is 1.44. The largest absolute Gasteiger partial charge is 0.338 e. The maximum atomic E-state index is 10.7. The van der Waals surface area contributed by atoms with E-state index in [1.807, 2.05) is 36.7 Å². The number of aromatic nitrogens is 5. The Balaban J connectivity index is 1.46. The number of benzene rings is 2. The van der Waals surface area contributed by atoms with Crippen molar-refractivity contribution >= 4 is 17.4 Å². The van der Waals surface area contributed by atoms with Gasteiger partial charge in [-0.15, -0.1) is 10.2 Å². The molecule has 0 unspecified atom stereocenters. The van der Waals surface area contributed by atoms with Crippen molar-refractivity contribution < 1.29 is 9.45 Å². The van der Waals surface area contributed by atoms with Gasteiger partial charge >= 0.3 is 0 Å². The van der Waals surface area contributed by atoms with Crippen molar-refractivity contribution in [2.75, 3.05) is 0 Å². The summed E-state index contributed by atoms with van der Waals surface area (Å²) in [5.74, 6) is 2.03. The first kappa shape index (κ1) is 18.8. The lowest BCUT2D eigenvalue weighted by atomic mass is 10.1. The normalized spacial score (nSPS) is 11.0. The molecule has 29 heavy (non-hydrogen) atoms. The lowest BCUT2D eigenvalue weighted by Gasteiger charge is -2.03. The maximum Gasteiger partial charge on any atom is 0.269 e. The average Bonchev–Trinajstić information content (AvgIpc) is 3.33. The molecular weight excluding hydrogens is 392 g/mol. The lowest BCUT2D eigenvalue weighted by molar-refractivity contribution is -0.384. The van der Waals surface area contributed by atoms with Crippen molar-refractivity contribution in [3.63, 3.8) is 0 Å². The highest BCUT2D eigenvalue weighted by Gasteiger charge is 2.15. The molecule has 0 aliphatic rings. The zero-order chi connectivity index (χ0) is 20.4. The number of nitrogens with zero attached hydrogens (tertiary/aromatic N) is 6. The number of rotatable bonds is 6. The Labute approximate surface area is 169 Å². The van der Waals surface area contributed by atoms with E-state index in [4.69, 9.17) is 4.52 Å². The quantitative estimate of drug-likeness (QED) is 0.267. The molecule has 10 heteroatoms. The average molecular weight is 408 g/mol. The Morgan fingerprint density at radius 2 is 1.93 bits per heavy atom. The van der Waals surface area contributed by atoms with Gasteiger partial charge in [-0.25, -0.2) is 0 Å². The van der Waals surface area contributed by atoms with E-state index in [-0.39, 0.29) is 5.69 Å². The third-order valence-corrected chi connectivity index (χ3v) is 5.25. The Morgan fingerprint density at radius 3 is 2.66 bits per heavy atom. The van der Waals surface area contributed by atoms with E-state index in [1.54, 1.807) is 12.1 Å². The summed E-state index contributed by atoms with van der Waals surface area (Å²) in [4.78, 5) is 14.6. The molecule has 0 atom stereocenters. The predicted molar refractivity (Wildman–Crippen MR) is 107 cm³/mol. The van der Waals surface area contributed by atoms with E-state index in [0.29, 0.717) is 23.0 Å². The summed E-state index contributed by atoms with van der Waals surface area (Å²) in [5.41, 5.74) is 2.82. The second-order valence-electron chi connectivity index (χ2n) is 6.34. The van der Waals surface area contributed by atoms with Crippen molar-refractivity contribution in [2.45, 2.75) is 17.8 Å². The first-order valence-electron chi connectivity index (χ1n) is 8.68. The van der Waals surface area contributed by atoms with E-state index < -0.39 is 4.92 Å². The number of nitro groups is 1. The summed E-state index contributed by atoms with van der Waals surface area (Å²) < 4.78 is 7.22. The van der Waals surface area contributed by atoms with Gasteiger partial charge in [0, 0.05) is 30.3 Å². The van der Waals surface area contributed by atoms with Crippen molar-refractivity contribution in [1.82, 2.24) is 24.9 Å². The van der Waals surface area contributed by atoms with Crippen molar-refractivity contribution in [2.24, 2.45) is 7.05 Å². The Hall–Kier alpha value is -3.53. The molecular formula is C19H16N6O3S. The van der Waals surface area contributed by atoms with Gasteiger partial charge in [0.2, 0.25) is 11.7 Å². The van der Waals surface area contributed by atoms with Gasteiger partial charge in [0.15, 0.2) is 11.0 Å². The van der Waals surface area contributed by atoms with E-state index in [1.165, 1.54) is 23.9 Å². The van der Waals surface area contributed by atoms with Gasteiger partial charge in [-0.1, -0.05) is 40.7 Å². The smallest absolute Gasteiger partial charge is 0.269 e. The molecule has 0 aliphatic carbocycles. The summed E-state index contributed by atoms with van der Waals surface area (Å²) in [6.07, 6.45) is 0. The number of hydrogen-bond acceptors (Lipinski definition) is 8. The molecule has 4 rings (SSSR count). The van der Waals surface area contributed by atoms with Crippen LogP contribution >= 0.6 is 11.8 Å². The number of aryl methyl sites for hydroxylation is 1. The highest BCUT2D eigenvalue weighted by Crippen LogP contribution is 2.26. The van der Waals surface area contributed by atoms with E-state index >= 15 is 0 Å². The molecule has 0 saturated heterocycles. The molecule has 0 saturated carbocycles. The van der Waals surface area contributed by atoms with Crippen molar-refractivity contribution in [1.29, 1.82) is 0 Å². The lowest BCUT2D eigenvalue weighted by Crippen LogP contribution is -1.95. The first-order chi connectivity index (χ1) is 14.0. The van der Waals surface area contributed by atoms with Crippen LogP contribution in [0, 0.1) is 17.0 Å². The second kappa shape index (κ2) is 7.84. The molecule has 146 valence electrons. The van der Waals surface area contributed by atoms with Crippen LogP contribution in [0.25, 0.3) is 22.8 Å². The van der Waals surface area contributed by atoms with Crippen LogP contribution in [0.1, 0.15) is 11.5 Å². The SMILES string of the molecule is Cc1cccc(-c2nnc(SCc3nc(-c4ccc([N+](=O)[O-])cc4)no3)n2C)c1. The fourth-order valence-corrected chi connectivity index (χ4v) is 3.51. The van der Waals surface area contributed by atoms with Crippen LogP contribution in [0.5, 0.6) is 0 Å². The molecule has 2 aromatic carbocycles. The molecule has 0 fully saturated rings. The molecule has 0 bridgehead atoms. The van der Waals surface area contributed by atoms with E-state index in [9.17, 15) is 10.1 Å². The molecule has 9 nitrogen and oxygen atoms in total. The third-order valence-electron chi connectivity index (χ3n) is 4.24. The summed E-state index contributed by atoms with van der Waals surface area (Å²) in [6, 6.07) is 14.1. The van der Waals surface area contributed by atoms with Crippen molar-refractivity contribution in [3.8, 4) is 22.8 Å². The van der Waals surface area contributed by atoms with Crippen LogP contribution < -0.4 is 0 Å². The molecule has 0 spiro atoms. The van der Waals surface area contributed by atoms with Crippen LogP contribution in [0.3, 0.4) is 0 Å². The standard InChI is InChI=1S/C19H16N6O3S/c1-12-4-3-5-14(10-12)18-21-22-19(24(18)2)29-11-16-20-17(23-28-16)13-6-8-15(9-7-13)25(26)27/h3-10H,11H2,1-2H3. The minimum atomic E-state index is -0.450. The zero-order valence-electron chi connectivity index (χ0n) is 15.6. The number of thioether (sulfide) groups is 1. The van der Waals surface area contributed by atoms with Crippen LogP contribution in [0.15, 0.2) is 58.2 Å². The second-order valence-corrected chi connectivity index (χ2v) is 7.28. The molecule has 2 heterocycles. The monoisotopic (exact) mass is 408 g/mol. The number of hydrogen-bond donors (Lipinski definition) is 0. The van der Waals surface area contributed by atoms with Gasteiger partial charge < -0.3 is 9.09 Å². The van der Waals surface area contributed by atoms with Crippen molar-refractivity contribution in [3.05, 3.63) is 70.1 Å². The Kier molecular flexibility index (Phi) is 5.09. The topological polar surface area (TPSA) is 113 Å². The first-order valence-corrected chi connectivity index (χ1v) is 9.66. The van der Waals surface area contributed by atoms with E-state index in [2.05, 4.69) is 26.4 Å². The summed E-state index contributed by atoms with van der Waals surface area (Å²) in [6.45, 7) is 2.04. The van der Waals surface area contributed by atoms with Gasteiger partial charge in [0.05, 0.1) is 10.7 Å². The van der Waals surface area contributed by atoms with Crippen LogP contribution in [0.4, 0.5) is 5.69 Å². The van der Waals surface area contributed by atoms with Crippen LogP contribution in [-0.4, -0.2) is 29.8 Å². The van der Waals surface area contributed by atoms with Gasteiger partial charge in [0.1, 0.15) is 0 Å². The van der Waals surface area contributed by atoms with Gasteiger partial charge in [0.25, 0.3) is 5.69 Å². The van der Waals surface area contributed by atoms with Gasteiger partial charge in [-0.3, -0.25) is 10.1 Å². The molecule has 0 aliphatic heterocycles. The highest BCUT2D eigenvalue weighted by atomic mass is 32.2. The fraction of sp³-hybridized carbons (Fsp3) is 0.158. The van der Waals surface area contributed by atoms with Crippen LogP contribution in [0.2, 0.25) is 0 Å². The molecule has 0 N–H and O–H groups in total. The predicted octanol–water partition coefficient (Wildman–Crippen LogP) is 4.04. The van der Waals surface area contributed by atoms with Crippen LogP contribution in [-0.2, 0) is 12.8 Å². The fourth-order valence-electron chi connectivity index (χ4n) is 2.77. The summed E-state index contributed by atoms with van der Waals surface area (Å²) in [5, 5.41) is 24.0. The minimum Gasteiger partial charge on any atom is -0.338 e. The van der Waals surface area contributed by atoms with Gasteiger partial charge in [-0.2, -0.15) is 4.98 Å². The molecule has 0 amide bonds.